The van der Waals surface area contributed by atoms with Crippen molar-refractivity contribution < 1.29 is 9.63 Å². The Balaban J connectivity index is 1.99. The number of piperidine rings is 1. The average Bonchev–Trinajstić information content (AvgIpc) is 2.40. The second-order valence-electron chi connectivity index (χ2n) is 3.79. The summed E-state index contributed by atoms with van der Waals surface area (Å²) in [7, 11) is 2.09. The molecule has 1 N–H and O–H groups in total. The van der Waals surface area contributed by atoms with Crippen LogP contribution in [0.15, 0.2) is 0 Å². The molecule has 12 heavy (non-hydrogen) atoms. The summed E-state index contributed by atoms with van der Waals surface area (Å²) >= 11 is 0. The van der Waals surface area contributed by atoms with Gasteiger partial charge in [-0.3, -0.25) is 9.63 Å². The van der Waals surface area contributed by atoms with Crippen molar-refractivity contribution in [3.05, 3.63) is 0 Å². The lowest BCUT2D eigenvalue weighted by Crippen LogP contribution is -2.42. The molecular weight excluding hydrogens is 156 g/mol. The lowest BCUT2D eigenvalue weighted by Gasteiger charge is -2.34. The monoisotopic (exact) mass is 170 g/mol. The number of hydroxylamine groups is 1. The van der Waals surface area contributed by atoms with Gasteiger partial charge in [0.2, 0.25) is 5.91 Å². The topological polar surface area (TPSA) is 41.6 Å². The summed E-state index contributed by atoms with van der Waals surface area (Å²) < 4.78 is 0. The standard InChI is InChI=1S/C8H14N2O2/c1-10-4-2-8(3-5-10)6-7(11)9-12-8/h2-6H2,1H3,(H,9,11). The van der Waals surface area contributed by atoms with Crippen molar-refractivity contribution in [1.29, 1.82) is 0 Å². The molecule has 2 heterocycles. The Morgan fingerprint density at radius 2 is 2.17 bits per heavy atom. The molecule has 68 valence electrons. The first-order valence-electron chi connectivity index (χ1n) is 4.36. The quantitative estimate of drug-likeness (QED) is 0.552. The van der Waals surface area contributed by atoms with Gasteiger partial charge < -0.3 is 4.90 Å². The number of amides is 1. The summed E-state index contributed by atoms with van der Waals surface area (Å²) in [6, 6.07) is 0. The van der Waals surface area contributed by atoms with Crippen LogP contribution in [0.2, 0.25) is 0 Å². The number of carbonyl (C=O) groups excluding carboxylic acids is 1. The van der Waals surface area contributed by atoms with Crippen LogP contribution >= 0.6 is 0 Å². The molecule has 0 bridgehead atoms. The van der Waals surface area contributed by atoms with E-state index in [1.165, 1.54) is 0 Å². The Labute approximate surface area is 71.8 Å². The third-order valence-electron chi connectivity index (χ3n) is 2.76. The van der Waals surface area contributed by atoms with Crippen LogP contribution in [0, 0.1) is 0 Å². The summed E-state index contributed by atoms with van der Waals surface area (Å²) in [6.45, 7) is 2.05. The predicted octanol–water partition coefficient (Wildman–Crippen LogP) is -0.0977. The van der Waals surface area contributed by atoms with Crippen LogP contribution < -0.4 is 5.48 Å². The van der Waals surface area contributed by atoms with Gasteiger partial charge in [0, 0.05) is 13.1 Å². The fourth-order valence-electron chi connectivity index (χ4n) is 1.83. The van der Waals surface area contributed by atoms with Gasteiger partial charge in [-0.15, -0.1) is 0 Å². The highest BCUT2D eigenvalue weighted by Crippen LogP contribution is 2.31. The highest BCUT2D eigenvalue weighted by molar-refractivity contribution is 5.77. The molecule has 0 aromatic heterocycles. The number of hydrogen-bond donors (Lipinski definition) is 1. The lowest BCUT2D eigenvalue weighted by atomic mass is 9.89. The molecule has 2 fully saturated rings. The molecule has 2 aliphatic rings. The van der Waals surface area contributed by atoms with Gasteiger partial charge in [0.25, 0.3) is 0 Å². The summed E-state index contributed by atoms with van der Waals surface area (Å²) in [6.07, 6.45) is 2.46. The van der Waals surface area contributed by atoms with E-state index < -0.39 is 0 Å². The Morgan fingerprint density at radius 3 is 2.67 bits per heavy atom. The van der Waals surface area contributed by atoms with E-state index in [9.17, 15) is 4.79 Å². The maximum absolute atomic E-state index is 10.9. The zero-order valence-corrected chi connectivity index (χ0v) is 7.30. The molecule has 1 spiro atoms. The minimum Gasteiger partial charge on any atom is -0.306 e. The highest BCUT2D eigenvalue weighted by Gasteiger charge is 2.42. The van der Waals surface area contributed by atoms with Gasteiger partial charge >= 0.3 is 0 Å². The minimum atomic E-state index is -0.177. The molecule has 4 heteroatoms. The number of hydrogen-bond acceptors (Lipinski definition) is 3. The van der Waals surface area contributed by atoms with Gasteiger partial charge in [-0.25, -0.2) is 5.48 Å². The Kier molecular flexibility index (Phi) is 1.81. The second-order valence-corrected chi connectivity index (χ2v) is 3.79. The van der Waals surface area contributed by atoms with Crippen LogP contribution in [-0.4, -0.2) is 36.5 Å². The van der Waals surface area contributed by atoms with E-state index in [1.807, 2.05) is 0 Å². The number of likely N-dealkylation sites (tertiary alicyclic amines) is 1. The fraction of sp³-hybridized carbons (Fsp3) is 0.875. The first-order valence-corrected chi connectivity index (χ1v) is 4.36. The smallest absolute Gasteiger partial charge is 0.246 e. The van der Waals surface area contributed by atoms with E-state index >= 15 is 0 Å². The highest BCUT2D eigenvalue weighted by atomic mass is 16.7. The molecule has 0 aromatic rings. The van der Waals surface area contributed by atoms with Crippen LogP contribution in [0.25, 0.3) is 0 Å². The largest absolute Gasteiger partial charge is 0.306 e. The SMILES string of the molecule is CN1CCC2(CC1)CC(=O)NO2. The van der Waals surface area contributed by atoms with E-state index in [2.05, 4.69) is 17.4 Å². The van der Waals surface area contributed by atoms with Gasteiger partial charge in [0.05, 0.1) is 6.42 Å². The normalized spacial score (nSPS) is 29.2. The molecule has 2 rings (SSSR count). The van der Waals surface area contributed by atoms with Crippen LogP contribution in [0.3, 0.4) is 0 Å². The van der Waals surface area contributed by atoms with E-state index in [0.717, 1.165) is 25.9 Å². The van der Waals surface area contributed by atoms with Gasteiger partial charge in [-0.05, 0) is 19.9 Å². The molecule has 0 aliphatic carbocycles. The molecule has 0 saturated carbocycles. The van der Waals surface area contributed by atoms with Gasteiger partial charge in [-0.1, -0.05) is 0 Å². The van der Waals surface area contributed by atoms with Crippen molar-refractivity contribution in [2.45, 2.75) is 24.9 Å². The summed E-state index contributed by atoms with van der Waals surface area (Å²) in [5, 5.41) is 0. The Morgan fingerprint density at radius 1 is 1.50 bits per heavy atom. The molecule has 0 unspecified atom stereocenters. The summed E-state index contributed by atoms with van der Waals surface area (Å²) in [5.74, 6) is 0.0274. The third kappa shape index (κ3) is 1.32. The molecule has 4 nitrogen and oxygen atoms in total. The second kappa shape index (κ2) is 2.71. The van der Waals surface area contributed by atoms with Crippen LogP contribution in [-0.2, 0) is 9.63 Å². The molecule has 1 amide bonds. The van der Waals surface area contributed by atoms with Crippen LogP contribution in [0.1, 0.15) is 19.3 Å². The van der Waals surface area contributed by atoms with Crippen molar-refractivity contribution >= 4 is 5.91 Å². The van der Waals surface area contributed by atoms with Crippen molar-refractivity contribution in [3.63, 3.8) is 0 Å². The number of nitrogens with one attached hydrogen (secondary N) is 1. The molecule has 0 aromatic carbocycles. The van der Waals surface area contributed by atoms with E-state index in [-0.39, 0.29) is 11.5 Å². The first-order chi connectivity index (χ1) is 5.70. The molecule has 0 radical (unpaired) electrons. The minimum absolute atomic E-state index is 0.0274. The van der Waals surface area contributed by atoms with Crippen molar-refractivity contribution in [2.75, 3.05) is 20.1 Å². The zero-order chi connectivity index (χ0) is 8.60. The molecule has 2 saturated heterocycles. The molecule has 2 aliphatic heterocycles. The lowest BCUT2D eigenvalue weighted by molar-refractivity contribution is -0.127. The van der Waals surface area contributed by atoms with Gasteiger partial charge in [-0.2, -0.15) is 0 Å². The van der Waals surface area contributed by atoms with Crippen molar-refractivity contribution in [1.82, 2.24) is 10.4 Å². The van der Waals surface area contributed by atoms with E-state index in [1.54, 1.807) is 0 Å². The Bertz CT molecular complexity index is 197. The van der Waals surface area contributed by atoms with Crippen LogP contribution in [0.4, 0.5) is 0 Å². The maximum atomic E-state index is 10.9. The van der Waals surface area contributed by atoms with Crippen LogP contribution in [0.5, 0.6) is 0 Å². The zero-order valence-electron chi connectivity index (χ0n) is 7.30. The van der Waals surface area contributed by atoms with Crippen molar-refractivity contribution in [2.24, 2.45) is 0 Å². The predicted molar refractivity (Wildman–Crippen MR) is 43.3 cm³/mol. The summed E-state index contributed by atoms with van der Waals surface area (Å²) in [5.41, 5.74) is 2.26. The summed E-state index contributed by atoms with van der Waals surface area (Å²) in [4.78, 5) is 18.5. The molecule has 0 atom stereocenters. The first kappa shape index (κ1) is 8.01. The third-order valence-corrected chi connectivity index (χ3v) is 2.76. The van der Waals surface area contributed by atoms with Gasteiger partial charge in [0.1, 0.15) is 5.60 Å². The number of rotatable bonds is 0. The molecular formula is C8H14N2O2. The van der Waals surface area contributed by atoms with E-state index in [0.29, 0.717) is 6.42 Å². The maximum Gasteiger partial charge on any atom is 0.246 e. The fourth-order valence-corrected chi connectivity index (χ4v) is 1.83. The number of carbonyl (C=O) groups is 1. The Hall–Kier alpha value is -0.610. The van der Waals surface area contributed by atoms with Gasteiger partial charge in [0.15, 0.2) is 0 Å². The average molecular weight is 170 g/mol. The number of nitrogens with zero attached hydrogens (tertiary/aromatic N) is 1. The van der Waals surface area contributed by atoms with E-state index in [4.69, 9.17) is 4.84 Å². The van der Waals surface area contributed by atoms with Crippen molar-refractivity contribution in [3.8, 4) is 0 Å².